The van der Waals surface area contributed by atoms with Crippen LogP contribution in [0.2, 0.25) is 0 Å². The van der Waals surface area contributed by atoms with E-state index in [1.165, 1.54) is 12.8 Å². The molecule has 25 heavy (non-hydrogen) atoms. The van der Waals surface area contributed by atoms with E-state index >= 15 is 0 Å². The van der Waals surface area contributed by atoms with Gasteiger partial charge in [0.05, 0.1) is 18.1 Å². The molecule has 1 amide bonds. The lowest BCUT2D eigenvalue weighted by atomic mass is 10.1. The van der Waals surface area contributed by atoms with Crippen LogP contribution in [0.15, 0.2) is 12.4 Å². The fourth-order valence-corrected chi connectivity index (χ4v) is 3.70. The Morgan fingerprint density at radius 1 is 1.32 bits per heavy atom. The summed E-state index contributed by atoms with van der Waals surface area (Å²) in [6.45, 7) is 2.61. The van der Waals surface area contributed by atoms with Crippen LogP contribution >= 0.6 is 0 Å². The predicted molar refractivity (Wildman–Crippen MR) is 92.3 cm³/mol. The zero-order valence-corrected chi connectivity index (χ0v) is 14.7. The number of carbonyl (C=O) groups excluding carboxylic acids is 1. The van der Waals surface area contributed by atoms with Gasteiger partial charge in [-0.25, -0.2) is 9.97 Å². The van der Waals surface area contributed by atoms with Crippen LogP contribution in [0.5, 0.6) is 0 Å². The SMILES string of the molecule is COCC1(C(=O)N2CCN(c3cc(C4CC4)ncn3)C[C@H](O)C2)CC1. The van der Waals surface area contributed by atoms with Crippen LogP contribution in [0.25, 0.3) is 0 Å². The number of carbonyl (C=O) groups is 1. The second-order valence-electron chi connectivity index (χ2n) is 7.64. The fourth-order valence-electron chi connectivity index (χ4n) is 3.70. The third-order valence-corrected chi connectivity index (χ3v) is 5.51. The van der Waals surface area contributed by atoms with Crippen molar-refractivity contribution in [2.45, 2.75) is 37.7 Å². The van der Waals surface area contributed by atoms with Gasteiger partial charge in [-0.3, -0.25) is 4.79 Å². The quantitative estimate of drug-likeness (QED) is 0.849. The van der Waals surface area contributed by atoms with E-state index in [0.29, 0.717) is 38.7 Å². The molecule has 0 aromatic carbocycles. The average Bonchev–Trinajstić information content (AvgIpc) is 3.48. The summed E-state index contributed by atoms with van der Waals surface area (Å²) in [7, 11) is 1.64. The number of β-amino-alcohol motifs (C(OH)–C–C–N with tert-alkyl or cyclic N) is 1. The number of aliphatic hydroxyl groups excluding tert-OH is 1. The lowest BCUT2D eigenvalue weighted by Crippen LogP contribution is -2.43. The van der Waals surface area contributed by atoms with Gasteiger partial charge in [0.1, 0.15) is 12.1 Å². The molecule has 2 aliphatic carbocycles. The fraction of sp³-hybridized carbons (Fsp3) is 0.722. The summed E-state index contributed by atoms with van der Waals surface area (Å²) in [6, 6.07) is 2.04. The van der Waals surface area contributed by atoms with Crippen LogP contribution in [-0.4, -0.2) is 71.9 Å². The first-order valence-electron chi connectivity index (χ1n) is 9.14. The van der Waals surface area contributed by atoms with Crippen LogP contribution in [0.1, 0.15) is 37.3 Å². The summed E-state index contributed by atoms with van der Waals surface area (Å²) in [5.74, 6) is 1.54. The number of rotatable bonds is 5. The maximum atomic E-state index is 12.9. The van der Waals surface area contributed by atoms with E-state index in [4.69, 9.17) is 4.74 Å². The molecule has 4 rings (SSSR count). The molecule has 1 aromatic rings. The first kappa shape index (κ1) is 16.7. The van der Waals surface area contributed by atoms with E-state index in [-0.39, 0.29) is 11.3 Å². The van der Waals surface area contributed by atoms with Crippen molar-refractivity contribution in [1.82, 2.24) is 14.9 Å². The smallest absolute Gasteiger partial charge is 0.231 e. The highest BCUT2D eigenvalue weighted by Crippen LogP contribution is 2.47. The third-order valence-electron chi connectivity index (χ3n) is 5.51. The van der Waals surface area contributed by atoms with Gasteiger partial charge in [0.25, 0.3) is 0 Å². The molecule has 3 fully saturated rings. The molecular weight excluding hydrogens is 320 g/mol. The van der Waals surface area contributed by atoms with Crippen LogP contribution in [0.3, 0.4) is 0 Å². The number of hydrogen-bond donors (Lipinski definition) is 1. The highest BCUT2D eigenvalue weighted by molar-refractivity contribution is 5.85. The van der Waals surface area contributed by atoms with E-state index in [1.807, 2.05) is 6.07 Å². The van der Waals surface area contributed by atoms with Gasteiger partial charge in [0, 0.05) is 51.0 Å². The Morgan fingerprint density at radius 3 is 2.80 bits per heavy atom. The summed E-state index contributed by atoms with van der Waals surface area (Å²) >= 11 is 0. The largest absolute Gasteiger partial charge is 0.389 e. The maximum absolute atomic E-state index is 12.9. The molecule has 2 heterocycles. The molecule has 1 aliphatic heterocycles. The summed E-state index contributed by atoms with van der Waals surface area (Å²) in [4.78, 5) is 25.5. The predicted octanol–water partition coefficient (Wildman–Crippen LogP) is 0.790. The zero-order valence-electron chi connectivity index (χ0n) is 14.7. The van der Waals surface area contributed by atoms with Crippen molar-refractivity contribution in [2.24, 2.45) is 5.41 Å². The van der Waals surface area contributed by atoms with Gasteiger partial charge in [0.2, 0.25) is 5.91 Å². The van der Waals surface area contributed by atoms with Gasteiger partial charge in [0.15, 0.2) is 0 Å². The molecule has 1 aromatic heterocycles. The minimum Gasteiger partial charge on any atom is -0.389 e. The van der Waals surface area contributed by atoms with Gasteiger partial charge in [-0.05, 0) is 25.7 Å². The van der Waals surface area contributed by atoms with Gasteiger partial charge in [-0.1, -0.05) is 0 Å². The summed E-state index contributed by atoms with van der Waals surface area (Å²) in [6.07, 6.45) is 5.19. The Bertz CT molecular complexity index is 645. The Kier molecular flexibility index (Phi) is 4.37. The molecule has 2 saturated carbocycles. The molecule has 1 N–H and O–H groups in total. The number of ether oxygens (including phenoxy) is 1. The van der Waals surface area contributed by atoms with Crippen LogP contribution in [0.4, 0.5) is 5.82 Å². The zero-order chi connectivity index (χ0) is 17.4. The first-order chi connectivity index (χ1) is 12.1. The molecule has 136 valence electrons. The molecule has 7 heteroatoms. The Hall–Kier alpha value is -1.73. The Balaban J connectivity index is 1.46. The van der Waals surface area contributed by atoms with Crippen LogP contribution in [-0.2, 0) is 9.53 Å². The molecule has 1 atom stereocenters. The number of anilines is 1. The molecule has 7 nitrogen and oxygen atoms in total. The molecule has 3 aliphatic rings. The first-order valence-corrected chi connectivity index (χ1v) is 9.14. The molecule has 0 unspecified atom stereocenters. The average molecular weight is 346 g/mol. The third kappa shape index (κ3) is 3.48. The van der Waals surface area contributed by atoms with Crippen molar-refractivity contribution in [3.05, 3.63) is 18.1 Å². The van der Waals surface area contributed by atoms with Crippen LogP contribution in [0, 0.1) is 5.41 Å². The van der Waals surface area contributed by atoms with E-state index in [9.17, 15) is 9.90 Å². The van der Waals surface area contributed by atoms with Crippen LogP contribution < -0.4 is 4.90 Å². The second kappa shape index (κ2) is 6.53. The number of amides is 1. The van der Waals surface area contributed by atoms with E-state index in [1.54, 1.807) is 18.3 Å². The summed E-state index contributed by atoms with van der Waals surface area (Å²) in [5, 5.41) is 10.4. The van der Waals surface area contributed by atoms with E-state index in [2.05, 4.69) is 14.9 Å². The maximum Gasteiger partial charge on any atom is 0.231 e. The number of aliphatic hydroxyl groups is 1. The van der Waals surface area contributed by atoms with Crippen molar-refractivity contribution >= 4 is 11.7 Å². The monoisotopic (exact) mass is 346 g/mol. The molecule has 0 spiro atoms. The summed E-state index contributed by atoms with van der Waals surface area (Å²) in [5.41, 5.74) is 0.742. The Labute approximate surface area is 148 Å². The highest BCUT2D eigenvalue weighted by atomic mass is 16.5. The van der Waals surface area contributed by atoms with Crippen molar-refractivity contribution in [3.8, 4) is 0 Å². The molecule has 1 saturated heterocycles. The van der Waals surface area contributed by atoms with Crippen molar-refractivity contribution in [2.75, 3.05) is 44.8 Å². The van der Waals surface area contributed by atoms with E-state index < -0.39 is 6.10 Å². The normalized spacial score (nSPS) is 25.6. The van der Waals surface area contributed by atoms with Crippen molar-refractivity contribution in [3.63, 3.8) is 0 Å². The number of methoxy groups -OCH3 is 1. The number of aromatic nitrogens is 2. The minimum atomic E-state index is -0.580. The Morgan fingerprint density at radius 2 is 2.12 bits per heavy atom. The summed E-state index contributed by atoms with van der Waals surface area (Å²) < 4.78 is 5.23. The van der Waals surface area contributed by atoms with Crippen molar-refractivity contribution < 1.29 is 14.6 Å². The lowest BCUT2D eigenvalue weighted by Gasteiger charge is -2.26. The topological polar surface area (TPSA) is 78.8 Å². The molecule has 0 bridgehead atoms. The van der Waals surface area contributed by atoms with E-state index in [0.717, 1.165) is 24.4 Å². The minimum absolute atomic E-state index is 0.122. The van der Waals surface area contributed by atoms with Gasteiger partial charge >= 0.3 is 0 Å². The molecule has 0 radical (unpaired) electrons. The van der Waals surface area contributed by atoms with Gasteiger partial charge in [-0.15, -0.1) is 0 Å². The standard InChI is InChI=1S/C18H26N4O3/c1-25-11-18(4-5-18)17(24)22-7-6-21(9-14(23)10-22)16-8-15(13-2-3-13)19-12-20-16/h8,12-14,23H,2-7,9-11H2,1H3/t14-/m0/s1. The highest BCUT2D eigenvalue weighted by Gasteiger charge is 2.52. The van der Waals surface area contributed by atoms with Gasteiger partial charge in [-0.2, -0.15) is 0 Å². The van der Waals surface area contributed by atoms with Gasteiger partial charge < -0.3 is 19.6 Å². The number of nitrogens with zero attached hydrogens (tertiary/aromatic N) is 4. The lowest BCUT2D eigenvalue weighted by molar-refractivity contribution is -0.139. The van der Waals surface area contributed by atoms with Crippen molar-refractivity contribution in [1.29, 1.82) is 0 Å². The number of hydrogen-bond acceptors (Lipinski definition) is 6. The molecular formula is C18H26N4O3. The second-order valence-corrected chi connectivity index (χ2v) is 7.64.